The highest BCUT2D eigenvalue weighted by molar-refractivity contribution is 5.49. The minimum absolute atomic E-state index is 0.249. The quantitative estimate of drug-likeness (QED) is 0.921. The second-order valence-electron chi connectivity index (χ2n) is 5.05. The predicted octanol–water partition coefficient (Wildman–Crippen LogP) is 3.05. The molecule has 1 aliphatic rings. The number of anilines is 1. The van der Waals surface area contributed by atoms with Crippen LogP contribution >= 0.6 is 0 Å². The molecule has 0 amide bonds. The van der Waals surface area contributed by atoms with Gasteiger partial charge in [-0.1, -0.05) is 11.3 Å². The smallest absolute Gasteiger partial charge is 0.381 e. The normalized spacial score (nSPS) is 15.6. The van der Waals surface area contributed by atoms with Crippen molar-refractivity contribution in [2.24, 2.45) is 0 Å². The molecule has 0 bridgehead atoms. The lowest BCUT2D eigenvalue weighted by Crippen LogP contribution is -2.09. The zero-order chi connectivity index (χ0) is 14.5. The molecule has 106 valence electrons. The van der Waals surface area contributed by atoms with E-state index in [0.717, 1.165) is 25.0 Å². The molecular weight excluding hydrogens is 269 g/mol. The van der Waals surface area contributed by atoms with E-state index in [-0.39, 0.29) is 5.92 Å². The standard InChI is InChI=1S/C13H13F3N4/c1-7-2-5-9(13(14,15)16)6-10(7)20-11(8-3-4-8)12(17)18-19-20/h2,5-6,8H,3-4,17H2,1H3. The van der Waals surface area contributed by atoms with Crippen LogP contribution in [0.25, 0.3) is 5.69 Å². The monoisotopic (exact) mass is 282 g/mol. The van der Waals surface area contributed by atoms with Gasteiger partial charge in [0.2, 0.25) is 0 Å². The number of nitrogens with two attached hydrogens (primary N) is 1. The summed E-state index contributed by atoms with van der Waals surface area (Å²) in [7, 11) is 0. The molecule has 1 saturated carbocycles. The van der Waals surface area contributed by atoms with Gasteiger partial charge < -0.3 is 5.73 Å². The van der Waals surface area contributed by atoms with Crippen molar-refractivity contribution in [1.29, 1.82) is 0 Å². The number of rotatable bonds is 2. The Balaban J connectivity index is 2.14. The summed E-state index contributed by atoms with van der Waals surface area (Å²) in [4.78, 5) is 0. The van der Waals surface area contributed by atoms with Crippen molar-refractivity contribution in [3.63, 3.8) is 0 Å². The summed E-state index contributed by atoms with van der Waals surface area (Å²) >= 11 is 0. The van der Waals surface area contributed by atoms with Crippen molar-refractivity contribution in [3.05, 3.63) is 35.0 Å². The number of aryl methyl sites for hydroxylation is 1. The summed E-state index contributed by atoms with van der Waals surface area (Å²) in [5.41, 5.74) is 6.87. The molecule has 7 heteroatoms. The van der Waals surface area contributed by atoms with Crippen LogP contribution < -0.4 is 5.73 Å². The molecule has 4 nitrogen and oxygen atoms in total. The van der Waals surface area contributed by atoms with Gasteiger partial charge in [-0.15, -0.1) is 5.10 Å². The summed E-state index contributed by atoms with van der Waals surface area (Å²) in [6.07, 6.45) is -2.44. The average molecular weight is 282 g/mol. The largest absolute Gasteiger partial charge is 0.416 e. The molecule has 1 fully saturated rings. The van der Waals surface area contributed by atoms with Gasteiger partial charge in [-0.2, -0.15) is 13.2 Å². The van der Waals surface area contributed by atoms with E-state index in [1.54, 1.807) is 6.92 Å². The summed E-state index contributed by atoms with van der Waals surface area (Å²) in [6.45, 7) is 1.74. The van der Waals surface area contributed by atoms with Crippen LogP contribution in [0.5, 0.6) is 0 Å². The van der Waals surface area contributed by atoms with E-state index in [9.17, 15) is 13.2 Å². The van der Waals surface area contributed by atoms with Crippen LogP contribution in [0.4, 0.5) is 19.0 Å². The number of hydrogen-bond donors (Lipinski definition) is 1. The highest BCUT2D eigenvalue weighted by Gasteiger charge is 2.34. The number of aromatic nitrogens is 3. The van der Waals surface area contributed by atoms with E-state index < -0.39 is 11.7 Å². The van der Waals surface area contributed by atoms with Crippen LogP contribution in [0.15, 0.2) is 18.2 Å². The number of hydrogen-bond acceptors (Lipinski definition) is 3. The van der Waals surface area contributed by atoms with Crippen molar-refractivity contribution in [3.8, 4) is 5.69 Å². The lowest BCUT2D eigenvalue weighted by atomic mass is 10.1. The van der Waals surface area contributed by atoms with E-state index in [2.05, 4.69) is 10.3 Å². The van der Waals surface area contributed by atoms with Crippen LogP contribution in [0.2, 0.25) is 0 Å². The minimum Gasteiger partial charge on any atom is -0.381 e. The van der Waals surface area contributed by atoms with Crippen LogP contribution in [-0.2, 0) is 6.18 Å². The van der Waals surface area contributed by atoms with E-state index in [4.69, 9.17) is 5.73 Å². The number of halogens is 3. The summed E-state index contributed by atoms with van der Waals surface area (Å²) in [6, 6.07) is 3.60. The molecule has 0 saturated heterocycles. The molecule has 1 aromatic heterocycles. The molecule has 2 aromatic rings. The lowest BCUT2D eigenvalue weighted by molar-refractivity contribution is -0.137. The Kier molecular flexibility index (Phi) is 2.74. The molecule has 0 atom stereocenters. The number of nitrogens with zero attached hydrogens (tertiary/aromatic N) is 3. The Bertz CT molecular complexity index is 656. The van der Waals surface area contributed by atoms with E-state index in [1.807, 2.05) is 0 Å². The molecule has 20 heavy (non-hydrogen) atoms. The third-order valence-corrected chi connectivity index (χ3v) is 3.46. The average Bonchev–Trinajstić information content (AvgIpc) is 3.12. The first-order chi connectivity index (χ1) is 9.38. The van der Waals surface area contributed by atoms with Gasteiger partial charge in [-0.05, 0) is 37.5 Å². The maximum atomic E-state index is 12.8. The molecular formula is C13H13F3N4. The molecule has 1 aromatic carbocycles. The topological polar surface area (TPSA) is 56.7 Å². The van der Waals surface area contributed by atoms with Crippen molar-refractivity contribution >= 4 is 5.82 Å². The summed E-state index contributed by atoms with van der Waals surface area (Å²) in [5.74, 6) is 0.545. The van der Waals surface area contributed by atoms with E-state index in [1.165, 1.54) is 10.7 Å². The molecule has 0 radical (unpaired) electrons. The fourth-order valence-corrected chi connectivity index (χ4v) is 2.23. The van der Waals surface area contributed by atoms with Crippen molar-refractivity contribution in [2.75, 3.05) is 5.73 Å². The van der Waals surface area contributed by atoms with Gasteiger partial charge >= 0.3 is 6.18 Å². The zero-order valence-electron chi connectivity index (χ0n) is 10.8. The highest BCUT2D eigenvalue weighted by atomic mass is 19.4. The molecule has 1 heterocycles. The minimum atomic E-state index is -4.38. The molecule has 0 unspecified atom stereocenters. The van der Waals surface area contributed by atoms with Gasteiger partial charge in [0.15, 0.2) is 5.82 Å². The van der Waals surface area contributed by atoms with Crippen LogP contribution in [0, 0.1) is 6.92 Å². The van der Waals surface area contributed by atoms with Crippen LogP contribution in [0.3, 0.4) is 0 Å². The molecule has 3 rings (SSSR count). The predicted molar refractivity (Wildman–Crippen MR) is 67.5 cm³/mol. The van der Waals surface area contributed by atoms with Gasteiger partial charge in [0, 0.05) is 5.92 Å². The van der Waals surface area contributed by atoms with E-state index >= 15 is 0 Å². The van der Waals surface area contributed by atoms with Crippen LogP contribution in [0.1, 0.15) is 35.6 Å². The molecule has 0 aliphatic heterocycles. The fraction of sp³-hybridized carbons (Fsp3) is 0.385. The maximum absolute atomic E-state index is 12.8. The second-order valence-corrected chi connectivity index (χ2v) is 5.05. The first-order valence-corrected chi connectivity index (χ1v) is 6.27. The van der Waals surface area contributed by atoms with Gasteiger partial charge in [0.1, 0.15) is 0 Å². The first-order valence-electron chi connectivity index (χ1n) is 6.27. The van der Waals surface area contributed by atoms with Gasteiger partial charge in [0.25, 0.3) is 0 Å². The fourth-order valence-electron chi connectivity index (χ4n) is 2.23. The highest BCUT2D eigenvalue weighted by Crippen LogP contribution is 2.43. The number of alkyl halides is 3. The Morgan fingerprint density at radius 2 is 2.00 bits per heavy atom. The SMILES string of the molecule is Cc1ccc(C(F)(F)F)cc1-n1nnc(N)c1C1CC1. The van der Waals surface area contributed by atoms with Crippen LogP contribution in [-0.4, -0.2) is 15.0 Å². The molecule has 1 aliphatic carbocycles. The maximum Gasteiger partial charge on any atom is 0.416 e. The molecule has 2 N–H and O–H groups in total. The Labute approximate surface area is 113 Å². The third-order valence-electron chi connectivity index (χ3n) is 3.46. The third kappa shape index (κ3) is 2.13. The molecule has 0 spiro atoms. The number of benzene rings is 1. The Hall–Kier alpha value is -2.05. The Morgan fingerprint density at radius 1 is 1.30 bits per heavy atom. The van der Waals surface area contributed by atoms with Gasteiger partial charge in [-0.3, -0.25) is 0 Å². The van der Waals surface area contributed by atoms with Gasteiger partial charge in [-0.25, -0.2) is 4.68 Å². The zero-order valence-corrected chi connectivity index (χ0v) is 10.8. The van der Waals surface area contributed by atoms with Gasteiger partial charge in [0.05, 0.1) is 16.9 Å². The Morgan fingerprint density at radius 3 is 2.60 bits per heavy atom. The second kappa shape index (κ2) is 4.22. The van der Waals surface area contributed by atoms with Crippen molar-refractivity contribution < 1.29 is 13.2 Å². The van der Waals surface area contributed by atoms with Crippen molar-refractivity contribution in [1.82, 2.24) is 15.0 Å². The summed E-state index contributed by atoms with van der Waals surface area (Å²) in [5, 5.41) is 7.70. The van der Waals surface area contributed by atoms with E-state index in [0.29, 0.717) is 22.8 Å². The first kappa shape index (κ1) is 13.0. The summed E-state index contributed by atoms with van der Waals surface area (Å²) < 4.78 is 39.9. The number of nitrogen functional groups attached to an aromatic ring is 1. The lowest BCUT2D eigenvalue weighted by Gasteiger charge is -2.13. The van der Waals surface area contributed by atoms with Crippen molar-refractivity contribution in [2.45, 2.75) is 31.9 Å².